The normalized spacial score (nSPS) is 10.7. The Balaban J connectivity index is 2.10. The second-order valence-corrected chi connectivity index (χ2v) is 5.04. The van der Waals surface area contributed by atoms with Crippen LogP contribution in [0.4, 0.5) is 0 Å². The smallest absolute Gasteiger partial charge is 0.0779 e. The van der Waals surface area contributed by atoms with Gasteiger partial charge in [-0.15, -0.1) is 0 Å². The van der Waals surface area contributed by atoms with Crippen LogP contribution in [0, 0.1) is 3.57 Å². The van der Waals surface area contributed by atoms with Crippen LogP contribution in [0.25, 0.3) is 5.69 Å². The molecular weight excluding hydrogens is 325 g/mol. The minimum absolute atomic E-state index is 0.838. The van der Waals surface area contributed by atoms with Crippen LogP contribution in [0.3, 0.4) is 0 Å². The quantitative estimate of drug-likeness (QED) is 0.669. The number of rotatable bonds is 5. The Morgan fingerprint density at radius 3 is 2.88 bits per heavy atom. The second-order valence-electron chi connectivity index (χ2n) is 3.88. The number of hydrogen-bond acceptors (Lipinski definition) is 2. The van der Waals surface area contributed by atoms with Gasteiger partial charge in [-0.2, -0.15) is 5.10 Å². The molecule has 2 aromatic rings. The first kappa shape index (κ1) is 12.6. The van der Waals surface area contributed by atoms with Gasteiger partial charge in [-0.05, 0) is 53.8 Å². The third-order valence-electron chi connectivity index (χ3n) is 2.48. The minimum Gasteiger partial charge on any atom is -0.311 e. The van der Waals surface area contributed by atoms with Crippen molar-refractivity contribution in [1.82, 2.24) is 15.1 Å². The SMILES string of the molecule is CCCNCc1ccn(-c2ccccc2I)n1. The fourth-order valence-electron chi connectivity index (χ4n) is 1.62. The Morgan fingerprint density at radius 2 is 2.12 bits per heavy atom. The van der Waals surface area contributed by atoms with Crippen LogP contribution >= 0.6 is 22.6 Å². The molecule has 0 aliphatic carbocycles. The monoisotopic (exact) mass is 341 g/mol. The number of para-hydroxylation sites is 1. The van der Waals surface area contributed by atoms with Crippen molar-refractivity contribution in [2.24, 2.45) is 0 Å². The van der Waals surface area contributed by atoms with E-state index in [2.05, 4.69) is 58.1 Å². The molecule has 0 aliphatic heterocycles. The second kappa shape index (κ2) is 6.16. The summed E-state index contributed by atoms with van der Waals surface area (Å²) < 4.78 is 3.14. The number of aromatic nitrogens is 2. The highest BCUT2D eigenvalue weighted by Crippen LogP contribution is 2.15. The lowest BCUT2D eigenvalue weighted by Gasteiger charge is -2.03. The van der Waals surface area contributed by atoms with E-state index < -0.39 is 0 Å². The van der Waals surface area contributed by atoms with Gasteiger partial charge in [0.15, 0.2) is 0 Å². The van der Waals surface area contributed by atoms with Gasteiger partial charge in [-0.25, -0.2) is 4.68 Å². The Morgan fingerprint density at radius 1 is 1.29 bits per heavy atom. The zero-order chi connectivity index (χ0) is 12.1. The van der Waals surface area contributed by atoms with Crippen molar-refractivity contribution >= 4 is 22.6 Å². The molecule has 0 aliphatic rings. The number of hydrogen-bond donors (Lipinski definition) is 1. The predicted molar refractivity (Wildman–Crippen MR) is 78.3 cm³/mol. The predicted octanol–water partition coefficient (Wildman–Crippen LogP) is 2.98. The fourth-order valence-corrected chi connectivity index (χ4v) is 2.26. The Labute approximate surface area is 115 Å². The summed E-state index contributed by atoms with van der Waals surface area (Å²) in [6, 6.07) is 10.3. The van der Waals surface area contributed by atoms with Gasteiger partial charge in [-0.3, -0.25) is 0 Å². The molecule has 17 heavy (non-hydrogen) atoms. The maximum atomic E-state index is 4.56. The van der Waals surface area contributed by atoms with Gasteiger partial charge in [0.05, 0.1) is 11.4 Å². The first-order valence-electron chi connectivity index (χ1n) is 5.81. The standard InChI is InChI=1S/C13H16IN3/c1-2-8-15-10-11-7-9-17(16-11)13-6-4-3-5-12(13)14/h3-7,9,15H,2,8,10H2,1H3. The summed E-state index contributed by atoms with van der Waals surface area (Å²) in [7, 11) is 0. The van der Waals surface area contributed by atoms with Gasteiger partial charge >= 0.3 is 0 Å². The van der Waals surface area contributed by atoms with Gasteiger partial charge in [0.2, 0.25) is 0 Å². The van der Waals surface area contributed by atoms with Crippen molar-refractivity contribution < 1.29 is 0 Å². The van der Waals surface area contributed by atoms with E-state index in [1.165, 1.54) is 3.57 Å². The molecule has 4 heteroatoms. The molecule has 0 spiro atoms. The number of nitrogens with zero attached hydrogens (tertiary/aromatic N) is 2. The molecule has 0 atom stereocenters. The molecule has 0 unspecified atom stereocenters. The first-order valence-corrected chi connectivity index (χ1v) is 6.89. The van der Waals surface area contributed by atoms with E-state index in [-0.39, 0.29) is 0 Å². The van der Waals surface area contributed by atoms with Crippen LogP contribution in [0.15, 0.2) is 36.5 Å². The molecule has 0 saturated heterocycles. The highest BCUT2D eigenvalue weighted by Gasteiger charge is 2.03. The maximum absolute atomic E-state index is 4.56. The summed E-state index contributed by atoms with van der Waals surface area (Å²) in [5.41, 5.74) is 2.22. The molecule has 0 radical (unpaired) electrons. The van der Waals surface area contributed by atoms with Crippen molar-refractivity contribution in [3.05, 3.63) is 45.8 Å². The number of halogens is 1. The van der Waals surface area contributed by atoms with E-state index in [4.69, 9.17) is 0 Å². The molecule has 2 rings (SSSR count). The lowest BCUT2D eigenvalue weighted by Crippen LogP contribution is -2.14. The zero-order valence-electron chi connectivity index (χ0n) is 9.86. The summed E-state index contributed by atoms with van der Waals surface area (Å²) in [6.07, 6.45) is 3.16. The molecule has 0 amide bonds. The molecule has 0 fully saturated rings. The first-order chi connectivity index (χ1) is 8.31. The number of benzene rings is 1. The van der Waals surface area contributed by atoms with Gasteiger partial charge in [0, 0.05) is 16.3 Å². The summed E-state index contributed by atoms with van der Waals surface area (Å²) in [5.74, 6) is 0. The van der Waals surface area contributed by atoms with E-state index in [0.717, 1.165) is 30.9 Å². The van der Waals surface area contributed by atoms with E-state index >= 15 is 0 Å². The van der Waals surface area contributed by atoms with Crippen molar-refractivity contribution in [1.29, 1.82) is 0 Å². The van der Waals surface area contributed by atoms with Crippen LogP contribution in [-0.2, 0) is 6.54 Å². The fraction of sp³-hybridized carbons (Fsp3) is 0.308. The lowest BCUT2D eigenvalue weighted by atomic mass is 10.3. The zero-order valence-corrected chi connectivity index (χ0v) is 12.0. The topological polar surface area (TPSA) is 29.9 Å². The van der Waals surface area contributed by atoms with Gasteiger partial charge < -0.3 is 5.32 Å². The molecule has 0 saturated carbocycles. The van der Waals surface area contributed by atoms with E-state index in [1.807, 2.05) is 23.0 Å². The molecule has 3 nitrogen and oxygen atoms in total. The van der Waals surface area contributed by atoms with Gasteiger partial charge in [-0.1, -0.05) is 19.1 Å². The Bertz CT molecular complexity index is 479. The summed E-state index contributed by atoms with van der Waals surface area (Å²) in [4.78, 5) is 0. The van der Waals surface area contributed by atoms with Crippen LogP contribution in [0.5, 0.6) is 0 Å². The highest BCUT2D eigenvalue weighted by molar-refractivity contribution is 14.1. The van der Waals surface area contributed by atoms with Gasteiger partial charge in [0.1, 0.15) is 0 Å². The van der Waals surface area contributed by atoms with Crippen molar-refractivity contribution in [3.8, 4) is 5.69 Å². The Kier molecular flexibility index (Phi) is 4.56. The molecule has 1 N–H and O–H groups in total. The van der Waals surface area contributed by atoms with E-state index in [1.54, 1.807) is 0 Å². The van der Waals surface area contributed by atoms with Crippen LogP contribution in [0.1, 0.15) is 19.0 Å². The largest absolute Gasteiger partial charge is 0.311 e. The average molecular weight is 341 g/mol. The van der Waals surface area contributed by atoms with Crippen LogP contribution in [0.2, 0.25) is 0 Å². The van der Waals surface area contributed by atoms with Gasteiger partial charge in [0.25, 0.3) is 0 Å². The van der Waals surface area contributed by atoms with E-state index in [9.17, 15) is 0 Å². The molecular formula is C13H16IN3. The van der Waals surface area contributed by atoms with E-state index in [0.29, 0.717) is 0 Å². The average Bonchev–Trinajstić information content (AvgIpc) is 2.79. The summed E-state index contributed by atoms with van der Waals surface area (Å²) in [5, 5.41) is 7.92. The highest BCUT2D eigenvalue weighted by atomic mass is 127. The molecule has 90 valence electrons. The summed E-state index contributed by atoms with van der Waals surface area (Å²) in [6.45, 7) is 4.04. The molecule has 1 aromatic heterocycles. The minimum atomic E-state index is 0.838. The molecule has 1 aromatic carbocycles. The lowest BCUT2D eigenvalue weighted by molar-refractivity contribution is 0.656. The molecule has 0 bridgehead atoms. The van der Waals surface area contributed by atoms with Crippen LogP contribution in [-0.4, -0.2) is 16.3 Å². The van der Waals surface area contributed by atoms with Crippen LogP contribution < -0.4 is 5.32 Å². The number of nitrogens with one attached hydrogen (secondary N) is 1. The maximum Gasteiger partial charge on any atom is 0.0779 e. The Hall–Kier alpha value is -0.880. The van der Waals surface area contributed by atoms with Crippen molar-refractivity contribution in [2.45, 2.75) is 19.9 Å². The molecule has 1 heterocycles. The third-order valence-corrected chi connectivity index (χ3v) is 3.39. The van der Waals surface area contributed by atoms with Crippen molar-refractivity contribution in [2.75, 3.05) is 6.54 Å². The van der Waals surface area contributed by atoms with Crippen molar-refractivity contribution in [3.63, 3.8) is 0 Å². The summed E-state index contributed by atoms with van der Waals surface area (Å²) >= 11 is 2.33. The third kappa shape index (κ3) is 3.29.